The van der Waals surface area contributed by atoms with E-state index in [4.69, 9.17) is 9.26 Å². The SMILES string of the molecule is COc1cccc(S(=O)(=O)N2Cc3c(-c4nc(C)no4)nn(C)c3C2)c1. The van der Waals surface area contributed by atoms with E-state index in [0.29, 0.717) is 23.2 Å². The zero-order valence-corrected chi connectivity index (χ0v) is 15.3. The van der Waals surface area contributed by atoms with Gasteiger partial charge in [0.2, 0.25) is 10.0 Å². The maximum Gasteiger partial charge on any atom is 0.278 e. The summed E-state index contributed by atoms with van der Waals surface area (Å²) in [6.07, 6.45) is 0. The molecule has 3 heterocycles. The third-order valence-corrected chi connectivity index (χ3v) is 6.13. The minimum Gasteiger partial charge on any atom is -0.497 e. The fraction of sp³-hybridized carbons (Fsp3) is 0.312. The molecule has 136 valence electrons. The van der Waals surface area contributed by atoms with Gasteiger partial charge in [-0.05, 0) is 19.1 Å². The lowest BCUT2D eigenvalue weighted by Crippen LogP contribution is -2.26. The Morgan fingerprint density at radius 3 is 2.77 bits per heavy atom. The third-order valence-electron chi connectivity index (χ3n) is 4.34. The van der Waals surface area contributed by atoms with E-state index < -0.39 is 10.0 Å². The average Bonchev–Trinajstić information content (AvgIpc) is 3.32. The van der Waals surface area contributed by atoms with E-state index in [2.05, 4.69) is 15.2 Å². The number of benzene rings is 1. The molecule has 3 aromatic rings. The molecule has 1 aromatic carbocycles. The fourth-order valence-electron chi connectivity index (χ4n) is 3.01. The number of hydrogen-bond acceptors (Lipinski definition) is 7. The summed E-state index contributed by atoms with van der Waals surface area (Å²) in [5.74, 6) is 1.28. The van der Waals surface area contributed by atoms with Crippen LogP contribution in [0.2, 0.25) is 0 Å². The van der Waals surface area contributed by atoms with Gasteiger partial charge in [0, 0.05) is 25.2 Å². The number of methoxy groups -OCH3 is 1. The van der Waals surface area contributed by atoms with Gasteiger partial charge in [-0.3, -0.25) is 4.68 Å². The van der Waals surface area contributed by atoms with Crippen molar-refractivity contribution < 1.29 is 17.7 Å². The highest BCUT2D eigenvalue weighted by Crippen LogP contribution is 2.34. The predicted molar refractivity (Wildman–Crippen MR) is 90.7 cm³/mol. The quantitative estimate of drug-likeness (QED) is 0.680. The standard InChI is InChI=1S/C16H17N5O4S/c1-10-17-16(25-19-10)15-13-8-21(9-14(13)20(2)18-15)26(22,23)12-6-4-5-11(7-12)24-3/h4-7H,8-9H2,1-3H3. The van der Waals surface area contributed by atoms with Crippen LogP contribution in [0.4, 0.5) is 0 Å². The third kappa shape index (κ3) is 2.58. The lowest BCUT2D eigenvalue weighted by molar-refractivity contribution is 0.408. The summed E-state index contributed by atoms with van der Waals surface area (Å²) in [6.45, 7) is 2.14. The normalized spacial score (nSPS) is 14.6. The van der Waals surface area contributed by atoms with Crippen LogP contribution in [0.25, 0.3) is 11.6 Å². The first-order valence-corrected chi connectivity index (χ1v) is 9.34. The van der Waals surface area contributed by atoms with Crippen LogP contribution in [0.15, 0.2) is 33.7 Å². The van der Waals surface area contributed by atoms with Gasteiger partial charge in [-0.25, -0.2) is 8.42 Å². The molecule has 9 nitrogen and oxygen atoms in total. The van der Waals surface area contributed by atoms with Gasteiger partial charge in [0.25, 0.3) is 5.89 Å². The maximum atomic E-state index is 13.0. The molecule has 0 spiro atoms. The van der Waals surface area contributed by atoms with E-state index in [-0.39, 0.29) is 18.0 Å². The van der Waals surface area contributed by atoms with Gasteiger partial charge in [0.05, 0.1) is 24.2 Å². The summed E-state index contributed by atoms with van der Waals surface area (Å²) >= 11 is 0. The molecule has 26 heavy (non-hydrogen) atoms. The largest absolute Gasteiger partial charge is 0.497 e. The molecule has 0 saturated carbocycles. The molecule has 0 radical (unpaired) electrons. The number of fused-ring (bicyclic) bond motifs is 1. The van der Waals surface area contributed by atoms with E-state index in [1.54, 1.807) is 36.9 Å². The molecule has 2 aromatic heterocycles. The van der Waals surface area contributed by atoms with Gasteiger partial charge in [-0.15, -0.1) is 0 Å². The molecular weight excluding hydrogens is 358 g/mol. The van der Waals surface area contributed by atoms with Gasteiger partial charge in [0.15, 0.2) is 11.5 Å². The number of ether oxygens (including phenoxy) is 1. The molecule has 4 rings (SSSR count). The highest BCUT2D eigenvalue weighted by Gasteiger charge is 2.36. The van der Waals surface area contributed by atoms with E-state index in [1.807, 2.05) is 0 Å². The summed E-state index contributed by atoms with van der Waals surface area (Å²) < 4.78 is 39.4. The first-order chi connectivity index (χ1) is 12.4. The summed E-state index contributed by atoms with van der Waals surface area (Å²) in [7, 11) is -0.401. The molecule has 0 amide bonds. The minimum absolute atomic E-state index is 0.188. The van der Waals surface area contributed by atoms with Crippen LogP contribution in [-0.4, -0.2) is 39.8 Å². The molecule has 0 saturated heterocycles. The number of aromatic nitrogens is 4. The van der Waals surface area contributed by atoms with E-state index in [0.717, 1.165) is 11.3 Å². The second kappa shape index (κ2) is 5.92. The highest BCUT2D eigenvalue weighted by atomic mass is 32.2. The lowest BCUT2D eigenvalue weighted by atomic mass is 10.2. The Bertz CT molecular complexity index is 1090. The van der Waals surface area contributed by atoms with Crippen LogP contribution in [0.5, 0.6) is 5.75 Å². The Morgan fingerprint density at radius 1 is 1.27 bits per heavy atom. The van der Waals surface area contributed by atoms with Crippen LogP contribution in [0.3, 0.4) is 0 Å². The van der Waals surface area contributed by atoms with Crippen molar-refractivity contribution in [3.05, 3.63) is 41.3 Å². The first kappa shape index (κ1) is 16.7. The van der Waals surface area contributed by atoms with Crippen LogP contribution in [-0.2, 0) is 30.2 Å². The Morgan fingerprint density at radius 2 is 2.08 bits per heavy atom. The molecule has 1 aliphatic rings. The second-order valence-electron chi connectivity index (χ2n) is 6.00. The minimum atomic E-state index is -3.67. The van der Waals surface area contributed by atoms with E-state index >= 15 is 0 Å². The van der Waals surface area contributed by atoms with Crippen LogP contribution in [0, 0.1) is 6.92 Å². The molecule has 0 unspecified atom stereocenters. The van der Waals surface area contributed by atoms with Crippen molar-refractivity contribution in [2.24, 2.45) is 7.05 Å². The molecular formula is C16H17N5O4S. The zero-order chi connectivity index (χ0) is 18.5. The van der Waals surface area contributed by atoms with Crippen molar-refractivity contribution in [2.45, 2.75) is 24.9 Å². The van der Waals surface area contributed by atoms with E-state index in [9.17, 15) is 8.42 Å². The Labute approximate surface area is 150 Å². The number of sulfonamides is 1. The second-order valence-corrected chi connectivity index (χ2v) is 7.93. The predicted octanol–water partition coefficient (Wildman–Crippen LogP) is 1.49. The van der Waals surface area contributed by atoms with Gasteiger partial charge >= 0.3 is 0 Å². The Balaban J connectivity index is 1.70. The maximum absolute atomic E-state index is 13.0. The van der Waals surface area contributed by atoms with Crippen molar-refractivity contribution in [3.8, 4) is 17.3 Å². The number of hydrogen-bond donors (Lipinski definition) is 0. The van der Waals surface area contributed by atoms with Gasteiger partial charge in [-0.1, -0.05) is 11.2 Å². The topological polar surface area (TPSA) is 103 Å². The molecule has 0 aliphatic carbocycles. The number of rotatable bonds is 4. The van der Waals surface area contributed by atoms with Crippen LogP contribution < -0.4 is 4.74 Å². The molecule has 0 fully saturated rings. The van der Waals surface area contributed by atoms with Crippen LogP contribution >= 0.6 is 0 Å². The first-order valence-electron chi connectivity index (χ1n) is 7.90. The Hall–Kier alpha value is -2.72. The molecule has 0 N–H and O–H groups in total. The smallest absolute Gasteiger partial charge is 0.278 e. The zero-order valence-electron chi connectivity index (χ0n) is 14.5. The summed E-state index contributed by atoms with van der Waals surface area (Å²) in [5, 5.41) is 8.19. The average molecular weight is 375 g/mol. The lowest BCUT2D eigenvalue weighted by Gasteiger charge is -2.16. The van der Waals surface area contributed by atoms with Crippen molar-refractivity contribution in [1.82, 2.24) is 24.2 Å². The Kier molecular flexibility index (Phi) is 3.81. The van der Waals surface area contributed by atoms with Crippen molar-refractivity contribution in [1.29, 1.82) is 0 Å². The van der Waals surface area contributed by atoms with Crippen molar-refractivity contribution in [3.63, 3.8) is 0 Å². The fourth-order valence-corrected chi connectivity index (χ4v) is 4.42. The number of nitrogens with zero attached hydrogens (tertiary/aromatic N) is 5. The van der Waals surface area contributed by atoms with Gasteiger partial charge < -0.3 is 9.26 Å². The highest BCUT2D eigenvalue weighted by molar-refractivity contribution is 7.89. The van der Waals surface area contributed by atoms with Crippen molar-refractivity contribution in [2.75, 3.05) is 7.11 Å². The monoisotopic (exact) mass is 375 g/mol. The summed E-state index contributed by atoms with van der Waals surface area (Å²) in [6, 6.07) is 6.43. The van der Waals surface area contributed by atoms with Gasteiger partial charge in [0.1, 0.15) is 5.75 Å². The molecule has 1 aliphatic heterocycles. The molecule has 10 heteroatoms. The summed E-state index contributed by atoms with van der Waals surface area (Å²) in [5.41, 5.74) is 2.11. The molecule has 0 atom stereocenters. The van der Waals surface area contributed by atoms with Crippen molar-refractivity contribution >= 4 is 10.0 Å². The van der Waals surface area contributed by atoms with Crippen LogP contribution in [0.1, 0.15) is 17.1 Å². The van der Waals surface area contributed by atoms with E-state index in [1.165, 1.54) is 17.5 Å². The molecule has 0 bridgehead atoms. The number of aryl methyl sites for hydroxylation is 2. The van der Waals surface area contributed by atoms with Gasteiger partial charge in [-0.2, -0.15) is 14.4 Å². The summed E-state index contributed by atoms with van der Waals surface area (Å²) in [4.78, 5) is 4.39.